The first-order valence-electron chi connectivity index (χ1n) is 8.69. The number of nitrogens with one attached hydrogen (secondary N) is 1. The minimum atomic E-state index is -0.603. The van der Waals surface area contributed by atoms with Crippen molar-refractivity contribution in [3.8, 4) is 0 Å². The summed E-state index contributed by atoms with van der Waals surface area (Å²) in [5.74, 6) is -0.423. The lowest BCUT2D eigenvalue weighted by Crippen LogP contribution is -2.52. The third-order valence-electron chi connectivity index (χ3n) is 4.81. The highest BCUT2D eigenvalue weighted by Crippen LogP contribution is 2.23. The van der Waals surface area contributed by atoms with E-state index >= 15 is 0 Å². The van der Waals surface area contributed by atoms with E-state index in [1.807, 2.05) is 30.3 Å². The maximum absolute atomic E-state index is 12.2. The molecule has 140 valence electrons. The summed E-state index contributed by atoms with van der Waals surface area (Å²) in [7, 11) is 1.31. The predicted octanol–water partition coefficient (Wildman–Crippen LogP) is 1.35. The summed E-state index contributed by atoms with van der Waals surface area (Å²) in [5.41, 5.74) is 0.936. The van der Waals surface area contributed by atoms with E-state index < -0.39 is 12.0 Å². The Bertz CT molecular complexity index is 658. The molecule has 0 aliphatic carbocycles. The van der Waals surface area contributed by atoms with Gasteiger partial charge in [0.15, 0.2) is 0 Å². The van der Waals surface area contributed by atoms with Crippen LogP contribution < -0.4 is 5.32 Å². The van der Waals surface area contributed by atoms with Gasteiger partial charge in [-0.15, -0.1) is 0 Å². The average Bonchev–Trinajstić information content (AvgIpc) is 3.08. The van der Waals surface area contributed by atoms with Gasteiger partial charge in [-0.05, 0) is 18.4 Å². The molecule has 1 N–H and O–H groups in total. The van der Waals surface area contributed by atoms with Crippen molar-refractivity contribution in [1.29, 1.82) is 0 Å². The van der Waals surface area contributed by atoms with Gasteiger partial charge < -0.3 is 24.6 Å². The molecular formula is C18H23N3O5. The molecule has 0 radical (unpaired) electrons. The van der Waals surface area contributed by atoms with Gasteiger partial charge in [0.25, 0.3) is 0 Å². The Morgan fingerprint density at radius 1 is 1.19 bits per heavy atom. The monoisotopic (exact) mass is 361 g/mol. The highest BCUT2D eigenvalue weighted by Gasteiger charge is 2.42. The smallest absolute Gasteiger partial charge is 0.410 e. The number of piperidine rings is 1. The van der Waals surface area contributed by atoms with Crippen LogP contribution in [0.3, 0.4) is 0 Å². The number of methoxy groups -OCH3 is 1. The zero-order valence-electron chi connectivity index (χ0n) is 14.7. The Balaban J connectivity index is 1.51. The number of carbonyl (C=O) groups excluding carboxylic acids is 3. The van der Waals surface area contributed by atoms with Crippen molar-refractivity contribution in [2.75, 3.05) is 26.7 Å². The molecule has 2 aliphatic heterocycles. The molecule has 0 saturated carbocycles. The summed E-state index contributed by atoms with van der Waals surface area (Å²) < 4.78 is 10.1. The third-order valence-corrected chi connectivity index (χ3v) is 4.81. The molecule has 1 aromatic carbocycles. The van der Waals surface area contributed by atoms with Gasteiger partial charge in [-0.1, -0.05) is 30.3 Å². The van der Waals surface area contributed by atoms with Gasteiger partial charge in [-0.25, -0.2) is 14.4 Å². The lowest BCUT2D eigenvalue weighted by atomic mass is 10.0. The SMILES string of the molecule is COC(=O)[C@H]1CNC(=O)N1C1CCN(C(=O)OCc2ccccc2)CC1. The predicted molar refractivity (Wildman–Crippen MR) is 92.3 cm³/mol. The molecule has 2 aliphatic rings. The third kappa shape index (κ3) is 3.89. The van der Waals surface area contributed by atoms with E-state index in [2.05, 4.69) is 5.32 Å². The molecule has 1 aromatic rings. The number of hydrogen-bond acceptors (Lipinski definition) is 5. The summed E-state index contributed by atoms with van der Waals surface area (Å²) >= 11 is 0. The fourth-order valence-corrected chi connectivity index (χ4v) is 3.41. The molecule has 2 saturated heterocycles. The number of amides is 3. The number of esters is 1. The molecular weight excluding hydrogens is 338 g/mol. The molecule has 0 aromatic heterocycles. The zero-order valence-corrected chi connectivity index (χ0v) is 14.7. The van der Waals surface area contributed by atoms with Crippen molar-refractivity contribution in [1.82, 2.24) is 15.1 Å². The molecule has 8 nitrogen and oxygen atoms in total. The molecule has 0 bridgehead atoms. The molecule has 26 heavy (non-hydrogen) atoms. The largest absolute Gasteiger partial charge is 0.467 e. The number of urea groups is 1. The summed E-state index contributed by atoms with van der Waals surface area (Å²) in [4.78, 5) is 39.4. The van der Waals surface area contributed by atoms with E-state index in [4.69, 9.17) is 9.47 Å². The minimum absolute atomic E-state index is 0.0974. The fourth-order valence-electron chi connectivity index (χ4n) is 3.41. The maximum atomic E-state index is 12.2. The highest BCUT2D eigenvalue weighted by atomic mass is 16.6. The zero-order chi connectivity index (χ0) is 18.5. The van der Waals surface area contributed by atoms with Crippen molar-refractivity contribution in [2.24, 2.45) is 0 Å². The Kier molecular flexibility index (Phi) is 5.60. The van der Waals surface area contributed by atoms with Gasteiger partial charge in [0, 0.05) is 19.1 Å². The number of likely N-dealkylation sites (tertiary alicyclic amines) is 1. The van der Waals surface area contributed by atoms with E-state index in [-0.39, 0.29) is 31.3 Å². The summed E-state index contributed by atoms with van der Waals surface area (Å²) in [6.07, 6.45) is 0.839. The van der Waals surface area contributed by atoms with Crippen LogP contribution in [0.1, 0.15) is 18.4 Å². The van der Waals surface area contributed by atoms with Crippen LogP contribution in [0.5, 0.6) is 0 Å². The number of carbonyl (C=O) groups is 3. The van der Waals surface area contributed by atoms with Crippen LogP contribution in [-0.2, 0) is 20.9 Å². The summed E-state index contributed by atoms with van der Waals surface area (Å²) in [5, 5.41) is 2.69. The van der Waals surface area contributed by atoms with Crippen molar-refractivity contribution >= 4 is 18.1 Å². The first-order valence-corrected chi connectivity index (χ1v) is 8.69. The molecule has 0 spiro atoms. The van der Waals surface area contributed by atoms with Gasteiger partial charge in [-0.2, -0.15) is 0 Å². The van der Waals surface area contributed by atoms with Crippen LogP contribution in [-0.4, -0.2) is 66.7 Å². The van der Waals surface area contributed by atoms with Crippen LogP contribution in [0.2, 0.25) is 0 Å². The lowest BCUT2D eigenvalue weighted by Gasteiger charge is -2.37. The standard InChI is InChI=1S/C18H23N3O5/c1-25-16(22)15-11-19-17(23)21(15)14-7-9-20(10-8-14)18(24)26-12-13-5-3-2-4-6-13/h2-6,14-15H,7-12H2,1H3,(H,19,23)/t15-/m1/s1. The van der Waals surface area contributed by atoms with E-state index in [9.17, 15) is 14.4 Å². The van der Waals surface area contributed by atoms with E-state index in [0.29, 0.717) is 25.9 Å². The quantitative estimate of drug-likeness (QED) is 0.818. The second-order valence-corrected chi connectivity index (χ2v) is 6.39. The number of benzene rings is 1. The summed E-state index contributed by atoms with van der Waals surface area (Å²) in [6, 6.07) is 8.55. The molecule has 2 fully saturated rings. The number of rotatable bonds is 4. The van der Waals surface area contributed by atoms with Crippen LogP contribution >= 0.6 is 0 Å². The Morgan fingerprint density at radius 3 is 2.54 bits per heavy atom. The van der Waals surface area contributed by atoms with Crippen LogP contribution in [0.25, 0.3) is 0 Å². The van der Waals surface area contributed by atoms with E-state index in [1.165, 1.54) is 7.11 Å². The minimum Gasteiger partial charge on any atom is -0.467 e. The first-order chi connectivity index (χ1) is 12.6. The Labute approximate surface area is 152 Å². The van der Waals surface area contributed by atoms with Crippen molar-refractivity contribution in [2.45, 2.75) is 31.5 Å². The fraction of sp³-hybridized carbons (Fsp3) is 0.500. The summed E-state index contributed by atoms with van der Waals surface area (Å²) in [6.45, 7) is 1.45. The van der Waals surface area contributed by atoms with Gasteiger partial charge >= 0.3 is 18.1 Å². The Hall–Kier alpha value is -2.77. The normalized spacial score (nSPS) is 20.7. The molecule has 1 atom stereocenters. The van der Waals surface area contributed by atoms with Gasteiger partial charge in [-0.3, -0.25) is 0 Å². The van der Waals surface area contributed by atoms with Crippen molar-refractivity contribution < 1.29 is 23.9 Å². The van der Waals surface area contributed by atoms with Crippen molar-refractivity contribution in [3.63, 3.8) is 0 Å². The number of nitrogens with zero attached hydrogens (tertiary/aromatic N) is 2. The van der Waals surface area contributed by atoms with E-state index in [1.54, 1.807) is 9.80 Å². The average molecular weight is 361 g/mol. The van der Waals surface area contributed by atoms with Crippen molar-refractivity contribution in [3.05, 3.63) is 35.9 Å². The van der Waals surface area contributed by atoms with Crippen LogP contribution in [0.4, 0.5) is 9.59 Å². The van der Waals surface area contributed by atoms with Gasteiger partial charge in [0.1, 0.15) is 12.6 Å². The first kappa shape index (κ1) is 18.0. The second-order valence-electron chi connectivity index (χ2n) is 6.39. The van der Waals surface area contributed by atoms with Crippen LogP contribution in [0, 0.1) is 0 Å². The van der Waals surface area contributed by atoms with Crippen LogP contribution in [0.15, 0.2) is 30.3 Å². The molecule has 3 rings (SSSR count). The molecule has 8 heteroatoms. The van der Waals surface area contributed by atoms with Gasteiger partial charge in [0.05, 0.1) is 13.7 Å². The molecule has 3 amide bonds. The molecule has 2 heterocycles. The number of hydrogen-bond donors (Lipinski definition) is 1. The topological polar surface area (TPSA) is 88.2 Å². The second kappa shape index (κ2) is 8.07. The number of ether oxygens (including phenoxy) is 2. The maximum Gasteiger partial charge on any atom is 0.410 e. The van der Waals surface area contributed by atoms with Gasteiger partial charge in [0.2, 0.25) is 0 Å². The Morgan fingerprint density at radius 2 is 1.88 bits per heavy atom. The highest BCUT2D eigenvalue weighted by molar-refractivity contribution is 5.87. The molecule has 0 unspecified atom stereocenters. The van der Waals surface area contributed by atoms with E-state index in [0.717, 1.165) is 5.56 Å². The lowest BCUT2D eigenvalue weighted by molar-refractivity contribution is -0.145.